The Morgan fingerprint density at radius 2 is 2.10 bits per heavy atom. The van der Waals surface area contributed by atoms with Crippen LogP contribution in [0.2, 0.25) is 0 Å². The van der Waals surface area contributed by atoms with Crippen LogP contribution in [0.1, 0.15) is 32.8 Å². The predicted molar refractivity (Wildman–Crippen MR) is 82.8 cm³/mol. The maximum atomic E-state index is 6.04. The zero-order valence-corrected chi connectivity index (χ0v) is 12.9. The lowest BCUT2D eigenvalue weighted by molar-refractivity contribution is 0.171. The van der Waals surface area contributed by atoms with Crippen LogP contribution in [0.4, 0.5) is 0 Å². The van der Waals surface area contributed by atoms with Gasteiger partial charge >= 0.3 is 0 Å². The monoisotopic (exact) mass is 289 g/mol. The normalized spacial score (nSPS) is 23.8. The Kier molecular flexibility index (Phi) is 3.43. The van der Waals surface area contributed by atoms with Crippen molar-refractivity contribution in [3.63, 3.8) is 0 Å². The smallest absolute Gasteiger partial charge is 0.231 e. The number of nitrogens with zero attached hydrogens (tertiary/aromatic N) is 2. The van der Waals surface area contributed by atoms with Gasteiger partial charge in [-0.25, -0.2) is 0 Å². The maximum Gasteiger partial charge on any atom is 0.231 e. The molecule has 1 aromatic rings. The quantitative estimate of drug-likeness (QED) is 0.922. The van der Waals surface area contributed by atoms with Crippen LogP contribution in [0.3, 0.4) is 0 Å². The average Bonchev–Trinajstić information content (AvgIpc) is 3.01. The topological polar surface area (TPSA) is 60.1 Å². The van der Waals surface area contributed by atoms with Gasteiger partial charge in [-0.2, -0.15) is 0 Å². The van der Waals surface area contributed by atoms with E-state index in [-0.39, 0.29) is 5.54 Å². The number of hydrogen-bond donors (Lipinski definition) is 1. The fourth-order valence-corrected chi connectivity index (χ4v) is 3.28. The second kappa shape index (κ2) is 5.13. The van der Waals surface area contributed by atoms with Crippen LogP contribution in [0.25, 0.3) is 0 Å². The second-order valence-electron chi connectivity index (χ2n) is 6.32. The van der Waals surface area contributed by atoms with Crippen molar-refractivity contribution in [1.82, 2.24) is 4.90 Å². The van der Waals surface area contributed by atoms with E-state index in [9.17, 15) is 0 Å². The number of hydrogen-bond acceptors (Lipinski definition) is 5. The van der Waals surface area contributed by atoms with Crippen LogP contribution >= 0.6 is 0 Å². The lowest BCUT2D eigenvalue weighted by atomic mass is 9.91. The van der Waals surface area contributed by atoms with Gasteiger partial charge < -0.3 is 20.1 Å². The Balaban J connectivity index is 1.70. The Bertz CT molecular complexity index is 571. The van der Waals surface area contributed by atoms with Gasteiger partial charge in [0.15, 0.2) is 17.5 Å². The van der Waals surface area contributed by atoms with Gasteiger partial charge in [-0.05, 0) is 51.3 Å². The fourth-order valence-electron chi connectivity index (χ4n) is 3.28. The lowest BCUT2D eigenvalue weighted by Gasteiger charge is -2.39. The molecule has 0 spiro atoms. The molecular weight excluding hydrogens is 266 g/mol. The van der Waals surface area contributed by atoms with E-state index < -0.39 is 0 Å². The van der Waals surface area contributed by atoms with Crippen LogP contribution in [0.5, 0.6) is 11.5 Å². The van der Waals surface area contributed by atoms with E-state index in [1.807, 2.05) is 6.07 Å². The molecule has 114 valence electrons. The minimum absolute atomic E-state index is 0.00534. The highest BCUT2D eigenvalue weighted by molar-refractivity contribution is 5.81. The van der Waals surface area contributed by atoms with Crippen LogP contribution in [0.15, 0.2) is 23.2 Å². The number of benzene rings is 1. The van der Waals surface area contributed by atoms with Crippen LogP contribution in [-0.4, -0.2) is 35.8 Å². The molecule has 5 heteroatoms. The fraction of sp³-hybridized carbons (Fsp3) is 0.562. The molecule has 21 heavy (non-hydrogen) atoms. The highest BCUT2D eigenvalue weighted by atomic mass is 16.7. The van der Waals surface area contributed by atoms with Crippen molar-refractivity contribution in [1.29, 1.82) is 0 Å². The third kappa shape index (κ3) is 2.52. The summed E-state index contributed by atoms with van der Waals surface area (Å²) in [4.78, 5) is 6.67. The minimum Gasteiger partial charge on any atom is -0.454 e. The molecule has 5 nitrogen and oxygen atoms in total. The number of aliphatic imine (C=N–C) groups is 1. The zero-order chi connectivity index (χ0) is 15.0. The molecule has 0 amide bonds. The van der Waals surface area contributed by atoms with Gasteiger partial charge in [0, 0.05) is 6.04 Å². The maximum absolute atomic E-state index is 6.04. The van der Waals surface area contributed by atoms with Crippen molar-refractivity contribution in [2.24, 2.45) is 10.7 Å². The van der Waals surface area contributed by atoms with Crippen molar-refractivity contribution in [2.75, 3.05) is 13.3 Å². The van der Waals surface area contributed by atoms with E-state index in [1.165, 1.54) is 5.56 Å². The molecular formula is C16H23N3O2. The molecule has 0 aliphatic carbocycles. The lowest BCUT2D eigenvalue weighted by Crippen LogP contribution is -2.53. The van der Waals surface area contributed by atoms with Gasteiger partial charge in [0.2, 0.25) is 6.79 Å². The summed E-state index contributed by atoms with van der Waals surface area (Å²) < 4.78 is 10.8. The molecule has 2 aliphatic rings. The molecule has 0 fully saturated rings. The molecule has 1 aromatic carbocycles. The highest BCUT2D eigenvalue weighted by Crippen LogP contribution is 2.34. The summed E-state index contributed by atoms with van der Waals surface area (Å²) in [6.45, 7) is 7.64. The SMILES string of the molecule is CC(C)N1C(N)=NCC1(C)CCc1ccc2c(c1)OCO2. The first-order valence-corrected chi connectivity index (χ1v) is 7.47. The molecule has 1 atom stereocenters. The first-order chi connectivity index (χ1) is 9.99. The van der Waals surface area contributed by atoms with E-state index in [1.54, 1.807) is 0 Å². The summed E-state index contributed by atoms with van der Waals surface area (Å²) in [5, 5.41) is 0. The first kappa shape index (κ1) is 14.0. The summed E-state index contributed by atoms with van der Waals surface area (Å²) >= 11 is 0. The Hall–Kier alpha value is -1.91. The van der Waals surface area contributed by atoms with E-state index >= 15 is 0 Å². The van der Waals surface area contributed by atoms with Crippen molar-refractivity contribution in [2.45, 2.75) is 45.2 Å². The van der Waals surface area contributed by atoms with Crippen molar-refractivity contribution in [3.8, 4) is 11.5 Å². The third-order valence-electron chi connectivity index (χ3n) is 4.32. The molecule has 2 N–H and O–H groups in total. The average molecular weight is 289 g/mol. The number of ether oxygens (including phenoxy) is 2. The standard InChI is InChI=1S/C16H23N3O2/c1-11(2)19-15(17)18-9-16(19,3)7-6-12-4-5-13-14(8-12)21-10-20-13/h4-5,8,11H,6-7,9-10H2,1-3H3,(H2,17,18). The summed E-state index contributed by atoms with van der Waals surface area (Å²) in [5.74, 6) is 2.35. The summed E-state index contributed by atoms with van der Waals surface area (Å²) in [5.41, 5.74) is 7.29. The molecule has 2 heterocycles. The van der Waals surface area contributed by atoms with E-state index in [0.29, 0.717) is 18.8 Å². The predicted octanol–water partition coefficient (Wildman–Crippen LogP) is 2.15. The molecule has 0 saturated heterocycles. The largest absolute Gasteiger partial charge is 0.454 e. The first-order valence-electron chi connectivity index (χ1n) is 7.47. The Morgan fingerprint density at radius 3 is 2.86 bits per heavy atom. The molecule has 0 aromatic heterocycles. The van der Waals surface area contributed by atoms with E-state index in [0.717, 1.165) is 30.9 Å². The molecule has 2 aliphatic heterocycles. The second-order valence-corrected chi connectivity index (χ2v) is 6.32. The minimum atomic E-state index is -0.00534. The van der Waals surface area contributed by atoms with Crippen LogP contribution in [-0.2, 0) is 6.42 Å². The van der Waals surface area contributed by atoms with Crippen LogP contribution < -0.4 is 15.2 Å². The molecule has 0 bridgehead atoms. The van der Waals surface area contributed by atoms with E-state index in [2.05, 4.69) is 42.8 Å². The van der Waals surface area contributed by atoms with Gasteiger partial charge in [0.1, 0.15) is 0 Å². The Labute approximate surface area is 125 Å². The summed E-state index contributed by atoms with van der Waals surface area (Å²) in [6.07, 6.45) is 1.98. The van der Waals surface area contributed by atoms with Gasteiger partial charge in [-0.15, -0.1) is 0 Å². The number of guanidine groups is 1. The van der Waals surface area contributed by atoms with Crippen molar-refractivity contribution in [3.05, 3.63) is 23.8 Å². The number of rotatable bonds is 4. The van der Waals surface area contributed by atoms with Gasteiger partial charge in [-0.1, -0.05) is 6.07 Å². The van der Waals surface area contributed by atoms with E-state index in [4.69, 9.17) is 15.2 Å². The molecule has 3 rings (SSSR count). The molecule has 0 radical (unpaired) electrons. The number of nitrogens with two attached hydrogens (primary N) is 1. The highest BCUT2D eigenvalue weighted by Gasteiger charge is 2.38. The number of aryl methyl sites for hydroxylation is 1. The van der Waals surface area contributed by atoms with Crippen LogP contribution in [0, 0.1) is 0 Å². The number of fused-ring (bicyclic) bond motifs is 1. The summed E-state index contributed by atoms with van der Waals surface area (Å²) in [7, 11) is 0. The van der Waals surface area contributed by atoms with Gasteiger partial charge in [0.25, 0.3) is 0 Å². The Morgan fingerprint density at radius 1 is 1.33 bits per heavy atom. The zero-order valence-electron chi connectivity index (χ0n) is 12.9. The molecule has 1 unspecified atom stereocenters. The summed E-state index contributed by atoms with van der Waals surface area (Å²) in [6, 6.07) is 6.53. The van der Waals surface area contributed by atoms with Gasteiger partial charge in [0.05, 0.1) is 12.1 Å². The van der Waals surface area contributed by atoms with Crippen molar-refractivity contribution >= 4 is 5.96 Å². The van der Waals surface area contributed by atoms with Gasteiger partial charge in [-0.3, -0.25) is 4.99 Å². The van der Waals surface area contributed by atoms with Crippen molar-refractivity contribution < 1.29 is 9.47 Å². The third-order valence-corrected chi connectivity index (χ3v) is 4.32. The molecule has 0 saturated carbocycles.